The predicted molar refractivity (Wildman–Crippen MR) is 84.4 cm³/mol. The maximum atomic E-state index is 12.9. The minimum atomic E-state index is -4.68. The zero-order chi connectivity index (χ0) is 18.1. The smallest absolute Gasteiger partial charge is 0.416 e. The van der Waals surface area contributed by atoms with Gasteiger partial charge in [0.2, 0.25) is 0 Å². The molecule has 9 heteroatoms. The number of nitrogens with zero attached hydrogens (tertiary/aromatic N) is 1. The van der Waals surface area contributed by atoms with Crippen LogP contribution in [0.1, 0.15) is 5.56 Å². The van der Waals surface area contributed by atoms with Crippen LogP contribution in [0.4, 0.5) is 24.5 Å². The highest BCUT2D eigenvalue weighted by Crippen LogP contribution is 2.36. The van der Waals surface area contributed by atoms with E-state index < -0.39 is 26.7 Å². The molecule has 2 N–H and O–H groups in total. The molecule has 0 atom stereocenters. The lowest BCUT2D eigenvalue weighted by Gasteiger charge is -2.22. The predicted octanol–water partition coefficient (Wildman–Crippen LogP) is 3.12. The summed E-state index contributed by atoms with van der Waals surface area (Å²) in [4.78, 5) is -0.592. The fraction of sp³-hybridized carbons (Fsp3) is 0.200. The largest absolute Gasteiger partial charge is 0.495 e. The van der Waals surface area contributed by atoms with Crippen molar-refractivity contribution in [1.82, 2.24) is 0 Å². The van der Waals surface area contributed by atoms with Crippen LogP contribution >= 0.6 is 0 Å². The van der Waals surface area contributed by atoms with Crippen LogP contribution in [-0.2, 0) is 16.2 Å². The van der Waals surface area contributed by atoms with Crippen molar-refractivity contribution in [1.29, 1.82) is 0 Å². The second kappa shape index (κ2) is 6.23. The van der Waals surface area contributed by atoms with Crippen molar-refractivity contribution in [2.24, 2.45) is 0 Å². The van der Waals surface area contributed by atoms with Gasteiger partial charge >= 0.3 is 6.18 Å². The Morgan fingerprint density at radius 1 is 1.12 bits per heavy atom. The molecule has 0 unspecified atom stereocenters. The number of nitrogens with two attached hydrogens (primary N) is 1. The topological polar surface area (TPSA) is 72.6 Å². The first kappa shape index (κ1) is 17.9. The van der Waals surface area contributed by atoms with Crippen LogP contribution in [-0.4, -0.2) is 22.6 Å². The SMILES string of the molecule is COc1ccc(C(F)(F)F)cc1S(=O)(=O)N(C)c1ccccc1N. The van der Waals surface area contributed by atoms with Gasteiger partial charge in [-0.3, -0.25) is 4.31 Å². The molecule has 24 heavy (non-hydrogen) atoms. The molecule has 0 fully saturated rings. The van der Waals surface area contributed by atoms with Crippen molar-refractivity contribution in [3.05, 3.63) is 48.0 Å². The molecule has 0 heterocycles. The fourth-order valence-corrected chi connectivity index (χ4v) is 3.51. The van der Waals surface area contributed by atoms with E-state index in [1.165, 1.54) is 26.3 Å². The summed E-state index contributed by atoms with van der Waals surface area (Å²) in [6.07, 6.45) is -4.68. The number of nitrogen functional groups attached to an aromatic ring is 1. The number of ether oxygens (including phenoxy) is 1. The molecule has 0 saturated heterocycles. The van der Waals surface area contributed by atoms with E-state index in [0.29, 0.717) is 6.07 Å². The summed E-state index contributed by atoms with van der Waals surface area (Å²) in [7, 11) is -1.92. The summed E-state index contributed by atoms with van der Waals surface area (Å²) in [5.41, 5.74) is 4.99. The number of para-hydroxylation sites is 2. The number of alkyl halides is 3. The van der Waals surface area contributed by atoms with Gasteiger partial charge in [0.05, 0.1) is 24.0 Å². The number of sulfonamides is 1. The quantitative estimate of drug-likeness (QED) is 0.851. The van der Waals surface area contributed by atoms with Gasteiger partial charge < -0.3 is 10.5 Å². The van der Waals surface area contributed by atoms with Gasteiger partial charge in [-0.25, -0.2) is 8.42 Å². The van der Waals surface area contributed by atoms with Gasteiger partial charge in [0, 0.05) is 7.05 Å². The Labute approximate surface area is 137 Å². The Kier molecular flexibility index (Phi) is 4.66. The molecule has 2 aromatic carbocycles. The second-order valence-electron chi connectivity index (χ2n) is 4.89. The Hall–Kier alpha value is -2.42. The van der Waals surface area contributed by atoms with E-state index in [0.717, 1.165) is 16.4 Å². The number of anilines is 2. The van der Waals surface area contributed by atoms with Gasteiger partial charge in [-0.05, 0) is 30.3 Å². The standard InChI is InChI=1S/C15H15F3N2O3S/c1-20(12-6-4-3-5-11(12)19)24(21,22)14-9-10(15(16,17)18)7-8-13(14)23-2/h3-9H,19H2,1-2H3. The van der Waals surface area contributed by atoms with Crippen LogP contribution in [0.25, 0.3) is 0 Å². The zero-order valence-corrected chi connectivity index (χ0v) is 13.6. The van der Waals surface area contributed by atoms with E-state index in [4.69, 9.17) is 10.5 Å². The van der Waals surface area contributed by atoms with E-state index in [9.17, 15) is 21.6 Å². The molecule has 2 aromatic rings. The van der Waals surface area contributed by atoms with Gasteiger partial charge in [0.1, 0.15) is 10.6 Å². The highest BCUT2D eigenvalue weighted by atomic mass is 32.2. The fourth-order valence-electron chi connectivity index (χ4n) is 2.11. The first-order chi connectivity index (χ1) is 11.1. The summed E-state index contributed by atoms with van der Waals surface area (Å²) >= 11 is 0. The first-order valence-corrected chi connectivity index (χ1v) is 8.11. The van der Waals surface area contributed by atoms with Gasteiger partial charge in [0.15, 0.2) is 0 Å². The van der Waals surface area contributed by atoms with E-state index in [-0.39, 0.29) is 17.1 Å². The molecule has 0 aromatic heterocycles. The lowest BCUT2D eigenvalue weighted by molar-refractivity contribution is -0.137. The first-order valence-electron chi connectivity index (χ1n) is 6.67. The molecule has 0 aliphatic heterocycles. The minimum Gasteiger partial charge on any atom is -0.495 e. The van der Waals surface area contributed by atoms with Crippen LogP contribution in [0.2, 0.25) is 0 Å². The Morgan fingerprint density at radius 2 is 1.75 bits per heavy atom. The molecule has 0 saturated carbocycles. The summed E-state index contributed by atoms with van der Waals surface area (Å²) in [6, 6.07) is 8.40. The third-order valence-electron chi connectivity index (χ3n) is 3.41. The van der Waals surface area contributed by atoms with Gasteiger partial charge in [0.25, 0.3) is 10.0 Å². The minimum absolute atomic E-state index is 0.150. The summed E-state index contributed by atoms with van der Waals surface area (Å²) in [5, 5.41) is 0. The van der Waals surface area contributed by atoms with E-state index in [1.807, 2.05) is 0 Å². The van der Waals surface area contributed by atoms with Crippen molar-refractivity contribution >= 4 is 21.4 Å². The summed E-state index contributed by atoms with van der Waals surface area (Å²) in [6.45, 7) is 0. The normalized spacial score (nSPS) is 12.0. The van der Waals surface area contributed by atoms with Gasteiger partial charge in [-0.1, -0.05) is 12.1 Å². The van der Waals surface area contributed by atoms with Crippen LogP contribution < -0.4 is 14.8 Å². The van der Waals surface area contributed by atoms with Crippen molar-refractivity contribution in [3.8, 4) is 5.75 Å². The lowest BCUT2D eigenvalue weighted by atomic mass is 10.2. The molecule has 0 aliphatic rings. The molecular weight excluding hydrogens is 345 g/mol. The molecule has 0 bridgehead atoms. The summed E-state index contributed by atoms with van der Waals surface area (Å²) < 4.78 is 70.0. The Bertz CT molecular complexity index is 851. The number of halogens is 3. The maximum absolute atomic E-state index is 12.9. The monoisotopic (exact) mass is 360 g/mol. The molecule has 2 rings (SSSR count). The molecule has 0 spiro atoms. The van der Waals surface area contributed by atoms with Crippen LogP contribution in [0, 0.1) is 0 Å². The van der Waals surface area contributed by atoms with Crippen molar-refractivity contribution in [2.75, 3.05) is 24.2 Å². The zero-order valence-electron chi connectivity index (χ0n) is 12.8. The third-order valence-corrected chi connectivity index (χ3v) is 5.20. The van der Waals surface area contributed by atoms with Crippen LogP contribution in [0.15, 0.2) is 47.4 Å². The van der Waals surface area contributed by atoms with Gasteiger partial charge in [-0.2, -0.15) is 13.2 Å². The summed E-state index contributed by atoms with van der Waals surface area (Å²) in [5.74, 6) is -0.190. The molecule has 5 nitrogen and oxygen atoms in total. The average Bonchev–Trinajstić information content (AvgIpc) is 2.53. The van der Waals surface area contributed by atoms with E-state index in [2.05, 4.69) is 0 Å². The van der Waals surface area contributed by atoms with Crippen molar-refractivity contribution in [2.45, 2.75) is 11.1 Å². The average molecular weight is 360 g/mol. The van der Waals surface area contributed by atoms with E-state index >= 15 is 0 Å². The highest BCUT2D eigenvalue weighted by molar-refractivity contribution is 7.93. The molecule has 130 valence electrons. The number of rotatable bonds is 4. The number of hydrogen-bond donors (Lipinski definition) is 1. The molecule has 0 amide bonds. The van der Waals surface area contributed by atoms with Crippen LogP contribution in [0.3, 0.4) is 0 Å². The Morgan fingerprint density at radius 3 is 2.29 bits per heavy atom. The van der Waals surface area contributed by atoms with Crippen LogP contribution in [0.5, 0.6) is 5.75 Å². The maximum Gasteiger partial charge on any atom is 0.416 e. The van der Waals surface area contributed by atoms with Crippen molar-refractivity contribution < 1.29 is 26.3 Å². The third kappa shape index (κ3) is 3.25. The molecular formula is C15H15F3N2O3S. The lowest BCUT2D eigenvalue weighted by Crippen LogP contribution is -2.28. The molecule has 0 radical (unpaired) electrons. The highest BCUT2D eigenvalue weighted by Gasteiger charge is 2.34. The Balaban J connectivity index is 2.62. The number of methoxy groups -OCH3 is 1. The van der Waals surface area contributed by atoms with E-state index in [1.54, 1.807) is 12.1 Å². The second-order valence-corrected chi connectivity index (χ2v) is 6.83. The van der Waals surface area contributed by atoms with Crippen molar-refractivity contribution in [3.63, 3.8) is 0 Å². The van der Waals surface area contributed by atoms with Gasteiger partial charge in [-0.15, -0.1) is 0 Å². The number of benzene rings is 2. The molecule has 0 aliphatic carbocycles. The number of hydrogen-bond acceptors (Lipinski definition) is 4.